The van der Waals surface area contributed by atoms with Crippen molar-refractivity contribution in [2.24, 2.45) is 5.73 Å². The van der Waals surface area contributed by atoms with Crippen molar-refractivity contribution in [1.29, 1.82) is 0 Å². The Labute approximate surface area is 149 Å². The first-order chi connectivity index (χ1) is 12.3. The third-order valence-electron chi connectivity index (χ3n) is 3.98. The summed E-state index contributed by atoms with van der Waals surface area (Å²) in [5, 5.41) is 11.3. The number of carboxylic acid groups (broad SMARTS) is 1. The van der Waals surface area contributed by atoms with Crippen molar-refractivity contribution in [2.45, 2.75) is 31.7 Å². The van der Waals surface area contributed by atoms with Crippen LogP contribution >= 0.6 is 0 Å². The molecule has 26 heavy (non-hydrogen) atoms. The molecule has 1 aliphatic rings. The van der Waals surface area contributed by atoms with Crippen LogP contribution in [0.4, 0.5) is 0 Å². The number of nitrogens with two attached hydrogens (primary N) is 1. The van der Waals surface area contributed by atoms with Crippen molar-refractivity contribution in [1.82, 2.24) is 10.2 Å². The number of fused-ring (bicyclic) bond motifs is 1. The van der Waals surface area contributed by atoms with Crippen LogP contribution in [0.3, 0.4) is 0 Å². The van der Waals surface area contributed by atoms with Gasteiger partial charge in [0, 0.05) is 19.4 Å². The fraction of sp³-hybridized carbons (Fsp3) is 0.353. The highest BCUT2D eigenvalue weighted by molar-refractivity contribution is 6.21. The van der Waals surface area contributed by atoms with Gasteiger partial charge in [-0.25, -0.2) is 4.79 Å². The van der Waals surface area contributed by atoms with E-state index in [-0.39, 0.29) is 32.2 Å². The SMILES string of the molecule is NC(=O)CCC(NC(=O)CCCN1C(=O)c2ccccc2C1=O)C(=O)O. The van der Waals surface area contributed by atoms with Gasteiger partial charge in [0.2, 0.25) is 11.8 Å². The highest BCUT2D eigenvalue weighted by atomic mass is 16.4. The molecule has 0 fully saturated rings. The minimum atomic E-state index is -1.26. The topological polar surface area (TPSA) is 147 Å². The van der Waals surface area contributed by atoms with Gasteiger partial charge in [0.25, 0.3) is 11.8 Å². The minimum Gasteiger partial charge on any atom is -0.480 e. The molecule has 4 amide bonds. The Bertz CT molecular complexity index is 726. The van der Waals surface area contributed by atoms with Crippen LogP contribution in [-0.4, -0.2) is 52.2 Å². The molecule has 0 radical (unpaired) electrons. The number of benzene rings is 1. The number of carboxylic acids is 1. The van der Waals surface area contributed by atoms with Crippen LogP contribution in [0, 0.1) is 0 Å². The highest BCUT2D eigenvalue weighted by Crippen LogP contribution is 2.22. The first kappa shape index (κ1) is 19.1. The third kappa shape index (κ3) is 4.44. The van der Waals surface area contributed by atoms with Crippen LogP contribution in [0.5, 0.6) is 0 Å². The molecule has 0 spiro atoms. The van der Waals surface area contributed by atoms with Crippen LogP contribution in [0.2, 0.25) is 0 Å². The number of carbonyl (C=O) groups is 5. The molecule has 0 aliphatic carbocycles. The fourth-order valence-electron chi connectivity index (χ4n) is 2.65. The zero-order valence-electron chi connectivity index (χ0n) is 13.9. The van der Waals surface area contributed by atoms with Gasteiger partial charge in [0.1, 0.15) is 6.04 Å². The summed E-state index contributed by atoms with van der Waals surface area (Å²) in [4.78, 5) is 59.1. The lowest BCUT2D eigenvalue weighted by molar-refractivity contribution is -0.142. The maximum absolute atomic E-state index is 12.2. The largest absolute Gasteiger partial charge is 0.480 e. The molecule has 4 N–H and O–H groups in total. The molecule has 1 unspecified atom stereocenters. The number of rotatable bonds is 9. The predicted molar refractivity (Wildman–Crippen MR) is 89.0 cm³/mol. The summed E-state index contributed by atoms with van der Waals surface area (Å²) in [6, 6.07) is 5.25. The van der Waals surface area contributed by atoms with Crippen molar-refractivity contribution in [3.63, 3.8) is 0 Å². The van der Waals surface area contributed by atoms with Crippen molar-refractivity contribution in [3.8, 4) is 0 Å². The Kier molecular flexibility index (Phi) is 6.05. The quantitative estimate of drug-likeness (QED) is 0.523. The molecule has 1 aliphatic heterocycles. The molecule has 9 heteroatoms. The number of amides is 4. The van der Waals surface area contributed by atoms with Crippen molar-refractivity contribution >= 4 is 29.6 Å². The molecule has 1 aromatic carbocycles. The predicted octanol–water partition coefficient (Wildman–Crippen LogP) is -0.102. The molecule has 1 atom stereocenters. The number of nitrogens with one attached hydrogen (secondary N) is 1. The Morgan fingerprint density at radius 2 is 1.65 bits per heavy atom. The summed E-state index contributed by atoms with van der Waals surface area (Å²) in [7, 11) is 0. The summed E-state index contributed by atoms with van der Waals surface area (Å²) < 4.78 is 0. The number of imide groups is 1. The lowest BCUT2D eigenvalue weighted by Crippen LogP contribution is -2.41. The Hall–Kier alpha value is -3.23. The number of hydrogen-bond acceptors (Lipinski definition) is 5. The third-order valence-corrected chi connectivity index (χ3v) is 3.98. The van der Waals surface area contributed by atoms with Crippen LogP contribution < -0.4 is 11.1 Å². The number of hydrogen-bond donors (Lipinski definition) is 3. The van der Waals surface area contributed by atoms with E-state index < -0.39 is 35.6 Å². The van der Waals surface area contributed by atoms with Crippen LogP contribution in [-0.2, 0) is 14.4 Å². The second-order valence-corrected chi connectivity index (χ2v) is 5.87. The second-order valence-electron chi connectivity index (χ2n) is 5.87. The zero-order valence-corrected chi connectivity index (χ0v) is 13.9. The summed E-state index contributed by atoms with van der Waals surface area (Å²) in [6.45, 7) is 0.0544. The molecule has 0 bridgehead atoms. The van der Waals surface area contributed by atoms with Crippen molar-refractivity contribution in [2.75, 3.05) is 6.54 Å². The van der Waals surface area contributed by atoms with E-state index in [1.54, 1.807) is 24.3 Å². The minimum absolute atomic E-state index is 0.0544. The van der Waals surface area contributed by atoms with Crippen LogP contribution in [0.15, 0.2) is 24.3 Å². The van der Waals surface area contributed by atoms with Crippen LogP contribution in [0.1, 0.15) is 46.4 Å². The average Bonchev–Trinajstić information content (AvgIpc) is 2.83. The lowest BCUT2D eigenvalue weighted by Gasteiger charge is -2.15. The molecule has 1 heterocycles. The maximum Gasteiger partial charge on any atom is 0.326 e. The summed E-state index contributed by atoms with van der Waals surface area (Å²) in [6.07, 6.45) is -0.131. The van der Waals surface area contributed by atoms with E-state index in [1.165, 1.54) is 0 Å². The van der Waals surface area contributed by atoms with E-state index in [4.69, 9.17) is 10.8 Å². The molecule has 0 saturated carbocycles. The Morgan fingerprint density at radius 1 is 1.08 bits per heavy atom. The van der Waals surface area contributed by atoms with Gasteiger partial charge >= 0.3 is 5.97 Å². The van der Waals surface area contributed by atoms with Crippen molar-refractivity contribution < 1.29 is 29.1 Å². The summed E-state index contributed by atoms with van der Waals surface area (Å²) in [5.74, 6) is -3.28. The first-order valence-electron chi connectivity index (χ1n) is 8.07. The van der Waals surface area contributed by atoms with Gasteiger partial charge in [-0.1, -0.05) is 12.1 Å². The highest BCUT2D eigenvalue weighted by Gasteiger charge is 2.34. The van der Waals surface area contributed by atoms with E-state index in [0.29, 0.717) is 11.1 Å². The summed E-state index contributed by atoms with van der Waals surface area (Å²) in [5.41, 5.74) is 5.64. The van der Waals surface area contributed by atoms with Gasteiger partial charge in [-0.15, -0.1) is 0 Å². The Balaban J connectivity index is 1.83. The van der Waals surface area contributed by atoms with E-state index in [0.717, 1.165) is 4.90 Å². The number of nitrogens with zero attached hydrogens (tertiary/aromatic N) is 1. The molecule has 9 nitrogen and oxygen atoms in total. The van der Waals surface area contributed by atoms with E-state index >= 15 is 0 Å². The van der Waals surface area contributed by atoms with Crippen LogP contribution in [0.25, 0.3) is 0 Å². The monoisotopic (exact) mass is 361 g/mol. The molecule has 0 saturated heterocycles. The van der Waals surface area contributed by atoms with E-state index in [2.05, 4.69) is 5.32 Å². The van der Waals surface area contributed by atoms with Gasteiger partial charge in [-0.2, -0.15) is 0 Å². The maximum atomic E-state index is 12.2. The number of primary amides is 1. The van der Waals surface area contributed by atoms with Gasteiger partial charge in [0.15, 0.2) is 0 Å². The first-order valence-corrected chi connectivity index (χ1v) is 8.07. The standard InChI is InChI=1S/C17H19N3O6/c18-13(21)8-7-12(17(25)26)19-14(22)6-3-9-20-15(23)10-4-1-2-5-11(10)16(20)24/h1-2,4-5,12H,3,6-9H2,(H2,18,21)(H,19,22)(H,25,26). The van der Waals surface area contributed by atoms with Gasteiger partial charge in [-0.3, -0.25) is 24.1 Å². The zero-order chi connectivity index (χ0) is 19.3. The van der Waals surface area contributed by atoms with E-state index in [9.17, 15) is 24.0 Å². The second kappa shape index (κ2) is 8.24. The molecular formula is C17H19N3O6. The normalized spacial score (nSPS) is 14.1. The number of carbonyl (C=O) groups excluding carboxylic acids is 4. The summed E-state index contributed by atoms with van der Waals surface area (Å²) >= 11 is 0. The number of aliphatic carboxylic acids is 1. The molecule has 0 aromatic heterocycles. The lowest BCUT2D eigenvalue weighted by atomic mass is 10.1. The average molecular weight is 361 g/mol. The fourth-order valence-corrected chi connectivity index (χ4v) is 2.65. The van der Waals surface area contributed by atoms with Crippen molar-refractivity contribution in [3.05, 3.63) is 35.4 Å². The Morgan fingerprint density at radius 3 is 2.15 bits per heavy atom. The molecule has 138 valence electrons. The van der Waals surface area contributed by atoms with Gasteiger partial charge in [-0.05, 0) is 25.0 Å². The van der Waals surface area contributed by atoms with Gasteiger partial charge < -0.3 is 16.2 Å². The van der Waals surface area contributed by atoms with Gasteiger partial charge in [0.05, 0.1) is 11.1 Å². The van der Waals surface area contributed by atoms with E-state index in [1.807, 2.05) is 0 Å². The molecule has 2 rings (SSSR count). The smallest absolute Gasteiger partial charge is 0.326 e. The molecule has 1 aromatic rings. The molecular weight excluding hydrogens is 342 g/mol.